The first-order valence-electron chi connectivity index (χ1n) is 3.95. The molecule has 1 N–H and O–H groups in total. The number of amides is 1. The molecule has 0 bridgehead atoms. The molecule has 2 fully saturated rings. The summed E-state index contributed by atoms with van der Waals surface area (Å²) < 4.78 is 4.99. The number of hydrogen-bond acceptors (Lipinski definition) is 3. The van der Waals surface area contributed by atoms with E-state index in [1.807, 2.05) is 6.92 Å². The van der Waals surface area contributed by atoms with Crippen LogP contribution in [0.25, 0.3) is 0 Å². The molecule has 12 heavy (non-hydrogen) atoms. The minimum atomic E-state index is -0.149. The van der Waals surface area contributed by atoms with Gasteiger partial charge in [-0.1, -0.05) is 0 Å². The molecule has 1 amide bonds. The van der Waals surface area contributed by atoms with Crippen LogP contribution in [0.15, 0.2) is 0 Å². The van der Waals surface area contributed by atoms with E-state index in [9.17, 15) is 4.79 Å². The summed E-state index contributed by atoms with van der Waals surface area (Å²) in [7, 11) is 0. The molecule has 0 spiro atoms. The number of ether oxygens (including phenoxy) is 1. The molecule has 70 valence electrons. The van der Waals surface area contributed by atoms with Gasteiger partial charge < -0.3 is 10.1 Å². The molecule has 2 aliphatic rings. The summed E-state index contributed by atoms with van der Waals surface area (Å²) >= 11 is 0. The van der Waals surface area contributed by atoms with Crippen LogP contribution in [-0.4, -0.2) is 42.8 Å². The molecule has 1 atom stereocenters. The van der Waals surface area contributed by atoms with E-state index in [-0.39, 0.29) is 24.6 Å². The second-order valence-electron chi connectivity index (χ2n) is 3.16. The van der Waals surface area contributed by atoms with Gasteiger partial charge in [0.05, 0.1) is 12.6 Å². The topological polar surface area (TPSA) is 41.6 Å². The molecular weight excluding hydrogens is 180 g/mol. The van der Waals surface area contributed by atoms with Gasteiger partial charge in [-0.2, -0.15) is 0 Å². The summed E-state index contributed by atoms with van der Waals surface area (Å²) in [6.07, 6.45) is -0.0768. The number of carbonyl (C=O) groups is 1. The van der Waals surface area contributed by atoms with Crippen LogP contribution in [-0.2, 0) is 4.74 Å². The van der Waals surface area contributed by atoms with Gasteiger partial charge >= 0.3 is 6.09 Å². The van der Waals surface area contributed by atoms with Gasteiger partial charge in [0.1, 0.15) is 6.10 Å². The van der Waals surface area contributed by atoms with Crippen molar-refractivity contribution in [3.63, 3.8) is 0 Å². The Morgan fingerprint density at radius 1 is 1.58 bits per heavy atom. The number of cyclic esters (lactones) is 1. The Morgan fingerprint density at radius 3 is 2.58 bits per heavy atom. The van der Waals surface area contributed by atoms with Gasteiger partial charge in [0.25, 0.3) is 0 Å². The van der Waals surface area contributed by atoms with Crippen molar-refractivity contribution >= 4 is 18.5 Å². The molecule has 0 aromatic rings. The van der Waals surface area contributed by atoms with Crippen molar-refractivity contribution in [3.8, 4) is 0 Å². The largest absolute Gasteiger partial charge is 0.444 e. The molecule has 2 aliphatic heterocycles. The minimum absolute atomic E-state index is 0. The highest BCUT2D eigenvalue weighted by atomic mass is 35.5. The Kier molecular flexibility index (Phi) is 2.80. The second kappa shape index (κ2) is 3.49. The number of nitrogens with one attached hydrogen (secondary N) is 1. The smallest absolute Gasteiger partial charge is 0.410 e. The van der Waals surface area contributed by atoms with E-state index >= 15 is 0 Å². The van der Waals surface area contributed by atoms with Crippen LogP contribution in [0.4, 0.5) is 4.79 Å². The van der Waals surface area contributed by atoms with Crippen molar-refractivity contribution in [2.24, 2.45) is 0 Å². The second-order valence-corrected chi connectivity index (χ2v) is 3.16. The van der Waals surface area contributed by atoms with Gasteiger partial charge in [-0.25, -0.2) is 4.79 Å². The first-order valence-corrected chi connectivity index (χ1v) is 3.95. The zero-order chi connectivity index (χ0) is 7.84. The van der Waals surface area contributed by atoms with Gasteiger partial charge in [0.15, 0.2) is 0 Å². The lowest BCUT2D eigenvalue weighted by Gasteiger charge is -2.33. The summed E-state index contributed by atoms with van der Waals surface area (Å²) in [5.74, 6) is 0. The normalized spacial score (nSPS) is 29.2. The summed E-state index contributed by atoms with van der Waals surface area (Å²) in [6.45, 7) is 4.51. The maximum atomic E-state index is 11.1. The number of carbonyl (C=O) groups excluding carboxylic acids is 1. The Morgan fingerprint density at radius 2 is 2.25 bits per heavy atom. The molecule has 2 saturated heterocycles. The number of hydrogen-bond donors (Lipinski definition) is 1. The number of halogens is 1. The van der Waals surface area contributed by atoms with Crippen molar-refractivity contribution in [3.05, 3.63) is 0 Å². The van der Waals surface area contributed by atoms with Crippen LogP contribution in [0.2, 0.25) is 0 Å². The highest BCUT2D eigenvalue weighted by molar-refractivity contribution is 5.85. The fourth-order valence-electron chi connectivity index (χ4n) is 1.42. The van der Waals surface area contributed by atoms with Gasteiger partial charge in [0, 0.05) is 13.1 Å². The van der Waals surface area contributed by atoms with Gasteiger partial charge in [-0.05, 0) is 6.92 Å². The molecule has 4 nitrogen and oxygen atoms in total. The fourth-order valence-corrected chi connectivity index (χ4v) is 1.42. The summed E-state index contributed by atoms with van der Waals surface area (Å²) in [6, 6.07) is 0.382. The van der Waals surface area contributed by atoms with Crippen molar-refractivity contribution in [2.75, 3.05) is 19.6 Å². The maximum absolute atomic E-state index is 11.1. The molecule has 0 aromatic heterocycles. The quantitative estimate of drug-likeness (QED) is 0.647. The van der Waals surface area contributed by atoms with E-state index < -0.39 is 0 Å². The molecule has 0 aromatic carbocycles. The predicted molar refractivity (Wildman–Crippen MR) is 46.6 cm³/mol. The lowest BCUT2D eigenvalue weighted by atomic mass is 10.1. The molecule has 0 radical (unpaired) electrons. The van der Waals surface area contributed by atoms with Crippen LogP contribution in [0, 0.1) is 0 Å². The van der Waals surface area contributed by atoms with Crippen molar-refractivity contribution < 1.29 is 9.53 Å². The van der Waals surface area contributed by atoms with E-state index in [1.54, 1.807) is 4.90 Å². The van der Waals surface area contributed by atoms with Crippen molar-refractivity contribution in [1.82, 2.24) is 10.2 Å². The van der Waals surface area contributed by atoms with E-state index in [0.29, 0.717) is 6.04 Å². The molecule has 0 saturated carbocycles. The lowest BCUT2D eigenvalue weighted by Crippen LogP contribution is -2.57. The average molecular weight is 193 g/mol. The van der Waals surface area contributed by atoms with E-state index in [2.05, 4.69) is 5.32 Å². The van der Waals surface area contributed by atoms with Gasteiger partial charge in [0.2, 0.25) is 0 Å². The minimum Gasteiger partial charge on any atom is -0.444 e. The number of nitrogens with zero attached hydrogens (tertiary/aromatic N) is 1. The zero-order valence-corrected chi connectivity index (χ0v) is 7.76. The third-order valence-corrected chi connectivity index (χ3v) is 2.19. The first kappa shape index (κ1) is 9.61. The Balaban J connectivity index is 0.000000720. The number of rotatable bonds is 1. The standard InChI is InChI=1S/C7H12N2O2.ClH/c1-5-4-9(7(10)11-5)6-2-8-3-6;/h5-6,8H,2-4H2,1H3;1H. The molecular formula is C7H13ClN2O2. The third-order valence-electron chi connectivity index (χ3n) is 2.19. The summed E-state index contributed by atoms with van der Waals surface area (Å²) in [4.78, 5) is 12.9. The van der Waals surface area contributed by atoms with Crippen molar-refractivity contribution in [1.29, 1.82) is 0 Å². The molecule has 2 rings (SSSR count). The summed E-state index contributed by atoms with van der Waals surface area (Å²) in [5, 5.41) is 3.12. The molecule has 0 aliphatic carbocycles. The summed E-state index contributed by atoms with van der Waals surface area (Å²) in [5.41, 5.74) is 0. The molecule has 2 heterocycles. The van der Waals surface area contributed by atoms with E-state index in [1.165, 1.54) is 0 Å². The average Bonchev–Trinajstić information content (AvgIpc) is 2.07. The monoisotopic (exact) mass is 192 g/mol. The Hall–Kier alpha value is -0.480. The lowest BCUT2D eigenvalue weighted by molar-refractivity contribution is 0.125. The fraction of sp³-hybridized carbons (Fsp3) is 0.857. The van der Waals surface area contributed by atoms with Crippen LogP contribution >= 0.6 is 12.4 Å². The molecule has 1 unspecified atom stereocenters. The first-order chi connectivity index (χ1) is 5.27. The molecule has 5 heteroatoms. The SMILES string of the molecule is CC1CN(C2CNC2)C(=O)O1.Cl. The third kappa shape index (κ3) is 1.49. The predicted octanol–water partition coefficient (Wildman–Crippen LogP) is 0.221. The van der Waals surface area contributed by atoms with Crippen LogP contribution < -0.4 is 5.32 Å². The Bertz CT molecular complexity index is 184. The van der Waals surface area contributed by atoms with E-state index in [4.69, 9.17) is 4.74 Å². The highest BCUT2D eigenvalue weighted by Gasteiger charge is 2.36. The van der Waals surface area contributed by atoms with Gasteiger partial charge in [-0.15, -0.1) is 12.4 Å². The van der Waals surface area contributed by atoms with E-state index in [0.717, 1.165) is 19.6 Å². The van der Waals surface area contributed by atoms with Crippen molar-refractivity contribution in [2.45, 2.75) is 19.1 Å². The van der Waals surface area contributed by atoms with Gasteiger partial charge in [-0.3, -0.25) is 4.90 Å². The highest BCUT2D eigenvalue weighted by Crippen LogP contribution is 2.15. The van der Waals surface area contributed by atoms with Crippen LogP contribution in [0.3, 0.4) is 0 Å². The Labute approximate surface area is 77.7 Å². The van der Waals surface area contributed by atoms with Crippen LogP contribution in [0.1, 0.15) is 6.92 Å². The van der Waals surface area contributed by atoms with Crippen LogP contribution in [0.5, 0.6) is 0 Å². The zero-order valence-electron chi connectivity index (χ0n) is 6.95. The maximum Gasteiger partial charge on any atom is 0.410 e.